The number of rotatable bonds is 9. The molecule has 9 heteroatoms. The molecule has 176 valence electrons. The van der Waals surface area contributed by atoms with Crippen LogP contribution in [0.15, 0.2) is 42.5 Å². The number of carbonyl (C=O) groups is 3. The van der Waals surface area contributed by atoms with Crippen molar-refractivity contribution in [1.29, 1.82) is 0 Å². The summed E-state index contributed by atoms with van der Waals surface area (Å²) >= 11 is 0. The first-order valence-electron chi connectivity index (χ1n) is 10.8. The van der Waals surface area contributed by atoms with E-state index in [-0.39, 0.29) is 36.6 Å². The first kappa shape index (κ1) is 24.0. The fourth-order valence-corrected chi connectivity index (χ4v) is 3.66. The molecule has 0 atom stereocenters. The van der Waals surface area contributed by atoms with Gasteiger partial charge in [0.2, 0.25) is 0 Å². The van der Waals surface area contributed by atoms with Crippen molar-refractivity contribution in [3.63, 3.8) is 0 Å². The zero-order valence-electron chi connectivity index (χ0n) is 18.3. The minimum atomic E-state index is -0.753. The summed E-state index contributed by atoms with van der Waals surface area (Å²) in [6.45, 7) is 0.309. The van der Waals surface area contributed by atoms with Gasteiger partial charge in [0.05, 0.1) is 24.7 Å². The summed E-state index contributed by atoms with van der Waals surface area (Å²) in [5.74, 6) is -1.69. The molecule has 1 saturated carbocycles. The summed E-state index contributed by atoms with van der Waals surface area (Å²) < 4.78 is 24.7. The van der Waals surface area contributed by atoms with Crippen LogP contribution in [0.1, 0.15) is 46.4 Å². The lowest BCUT2D eigenvalue weighted by atomic mass is 9.87. The van der Waals surface area contributed by atoms with Crippen LogP contribution in [0.25, 0.3) is 0 Å². The smallest absolute Gasteiger partial charge is 0.306 e. The van der Waals surface area contributed by atoms with Gasteiger partial charge in [-0.25, -0.2) is 4.39 Å². The van der Waals surface area contributed by atoms with Crippen molar-refractivity contribution in [2.24, 2.45) is 5.92 Å². The summed E-state index contributed by atoms with van der Waals surface area (Å²) in [4.78, 5) is 35.4. The molecule has 8 nitrogen and oxygen atoms in total. The monoisotopic (exact) mass is 458 g/mol. The zero-order chi connectivity index (χ0) is 23.8. The molecule has 2 aromatic carbocycles. The van der Waals surface area contributed by atoms with E-state index in [0.29, 0.717) is 42.7 Å². The van der Waals surface area contributed by atoms with E-state index in [9.17, 15) is 18.8 Å². The minimum absolute atomic E-state index is 0.0283. The predicted octanol–water partition coefficient (Wildman–Crippen LogP) is 3.02. The number of benzene rings is 2. The van der Waals surface area contributed by atoms with E-state index in [4.69, 9.17) is 14.6 Å². The third kappa shape index (κ3) is 6.68. The Morgan fingerprint density at radius 3 is 2.12 bits per heavy atom. The van der Waals surface area contributed by atoms with Gasteiger partial charge in [0.1, 0.15) is 17.3 Å². The molecule has 0 spiro atoms. The number of halogens is 1. The quantitative estimate of drug-likeness (QED) is 0.498. The molecule has 0 unspecified atom stereocenters. The fourth-order valence-electron chi connectivity index (χ4n) is 3.66. The number of amides is 2. The maximum atomic E-state index is 13.9. The molecule has 0 bridgehead atoms. The second kappa shape index (κ2) is 11.3. The van der Waals surface area contributed by atoms with E-state index in [0.717, 1.165) is 6.07 Å². The van der Waals surface area contributed by atoms with E-state index >= 15 is 0 Å². The molecule has 0 aromatic heterocycles. The summed E-state index contributed by atoms with van der Waals surface area (Å²) in [6.07, 6.45) is 2.54. The molecular weight excluding hydrogens is 431 g/mol. The van der Waals surface area contributed by atoms with Crippen molar-refractivity contribution in [3.8, 4) is 11.5 Å². The topological polar surface area (TPSA) is 114 Å². The van der Waals surface area contributed by atoms with Gasteiger partial charge in [-0.2, -0.15) is 0 Å². The van der Waals surface area contributed by atoms with Crippen LogP contribution < -0.4 is 20.1 Å². The number of nitrogens with one attached hydrogen (secondary N) is 2. The van der Waals surface area contributed by atoms with Crippen LogP contribution in [0.5, 0.6) is 11.5 Å². The fraction of sp³-hybridized carbons (Fsp3) is 0.375. The van der Waals surface area contributed by atoms with Crippen molar-refractivity contribution < 1.29 is 33.4 Å². The number of aliphatic carboxylic acids is 1. The Morgan fingerprint density at radius 1 is 0.939 bits per heavy atom. The van der Waals surface area contributed by atoms with E-state index in [1.807, 2.05) is 0 Å². The maximum absolute atomic E-state index is 13.9. The second-order valence-electron chi connectivity index (χ2n) is 7.81. The SMILES string of the molecule is COc1ccc(C(=O)NCCNC(=O)c2ccc(OC3CCC(C(=O)O)CC3)cc2)c(F)c1. The van der Waals surface area contributed by atoms with Gasteiger partial charge in [0, 0.05) is 24.7 Å². The minimum Gasteiger partial charge on any atom is -0.497 e. The van der Waals surface area contributed by atoms with Crippen LogP contribution in [-0.2, 0) is 4.79 Å². The number of carbonyl (C=O) groups excluding carboxylic acids is 2. The third-order valence-electron chi connectivity index (χ3n) is 5.56. The Kier molecular flexibility index (Phi) is 8.23. The van der Waals surface area contributed by atoms with Gasteiger partial charge in [-0.05, 0) is 62.1 Å². The number of carboxylic acids is 1. The molecule has 3 rings (SSSR count). The van der Waals surface area contributed by atoms with Gasteiger partial charge in [-0.1, -0.05) is 0 Å². The van der Waals surface area contributed by atoms with Crippen LogP contribution in [0, 0.1) is 11.7 Å². The molecule has 2 amide bonds. The average Bonchev–Trinajstić information content (AvgIpc) is 2.82. The van der Waals surface area contributed by atoms with Gasteiger partial charge < -0.3 is 25.2 Å². The lowest BCUT2D eigenvalue weighted by molar-refractivity contribution is -0.143. The zero-order valence-corrected chi connectivity index (χ0v) is 18.3. The summed E-state index contributed by atoms with van der Waals surface area (Å²) in [5.41, 5.74) is 0.332. The number of methoxy groups -OCH3 is 1. The number of hydrogen-bond acceptors (Lipinski definition) is 5. The molecule has 33 heavy (non-hydrogen) atoms. The molecule has 0 radical (unpaired) electrons. The van der Waals surface area contributed by atoms with Crippen LogP contribution >= 0.6 is 0 Å². The Morgan fingerprint density at radius 2 is 1.55 bits per heavy atom. The lowest BCUT2D eigenvalue weighted by Gasteiger charge is -2.26. The Balaban J connectivity index is 1.40. The highest BCUT2D eigenvalue weighted by molar-refractivity contribution is 5.95. The highest BCUT2D eigenvalue weighted by Crippen LogP contribution is 2.28. The number of ether oxygens (including phenoxy) is 2. The highest BCUT2D eigenvalue weighted by Gasteiger charge is 2.26. The van der Waals surface area contributed by atoms with Crippen LogP contribution in [0.2, 0.25) is 0 Å². The van der Waals surface area contributed by atoms with Crippen LogP contribution in [0.3, 0.4) is 0 Å². The molecule has 3 N–H and O–H groups in total. The van der Waals surface area contributed by atoms with E-state index in [2.05, 4.69) is 10.6 Å². The van der Waals surface area contributed by atoms with Crippen molar-refractivity contribution in [2.45, 2.75) is 31.8 Å². The molecule has 0 saturated heterocycles. The standard InChI is InChI=1S/C24H27FN2O6/c1-32-19-10-11-20(21(25)14-19)23(29)27-13-12-26-22(28)15-2-6-17(7-3-15)33-18-8-4-16(5-9-18)24(30)31/h2-3,6-7,10-11,14,16,18H,4-5,8-9,12-13H2,1H3,(H,26,28)(H,27,29)(H,30,31). The predicted molar refractivity (Wildman–Crippen MR) is 118 cm³/mol. The summed E-state index contributed by atoms with van der Waals surface area (Å²) in [5, 5.41) is 14.3. The summed E-state index contributed by atoms with van der Waals surface area (Å²) in [6, 6.07) is 10.6. The van der Waals surface area contributed by atoms with Crippen molar-refractivity contribution in [1.82, 2.24) is 10.6 Å². The second-order valence-corrected chi connectivity index (χ2v) is 7.81. The average molecular weight is 458 g/mol. The molecular formula is C24H27FN2O6. The third-order valence-corrected chi connectivity index (χ3v) is 5.56. The van der Waals surface area contributed by atoms with Crippen molar-refractivity contribution in [3.05, 3.63) is 59.4 Å². The Labute approximate surface area is 191 Å². The van der Waals surface area contributed by atoms with Crippen LogP contribution in [-0.4, -0.2) is 49.2 Å². The molecule has 0 heterocycles. The van der Waals surface area contributed by atoms with Gasteiger partial charge in [0.15, 0.2) is 0 Å². The van der Waals surface area contributed by atoms with Crippen LogP contribution in [0.4, 0.5) is 4.39 Å². The van der Waals surface area contributed by atoms with Gasteiger partial charge in [0.25, 0.3) is 11.8 Å². The highest BCUT2D eigenvalue weighted by atomic mass is 19.1. The molecule has 1 aliphatic carbocycles. The Bertz CT molecular complexity index is 987. The molecule has 1 fully saturated rings. The first-order chi connectivity index (χ1) is 15.9. The lowest BCUT2D eigenvalue weighted by Crippen LogP contribution is -2.35. The first-order valence-corrected chi connectivity index (χ1v) is 10.8. The van der Waals surface area contributed by atoms with Gasteiger partial charge in [-0.3, -0.25) is 14.4 Å². The Hall–Kier alpha value is -3.62. The summed E-state index contributed by atoms with van der Waals surface area (Å²) in [7, 11) is 1.41. The number of carboxylic acid groups (broad SMARTS) is 1. The number of hydrogen-bond donors (Lipinski definition) is 3. The molecule has 2 aromatic rings. The van der Waals surface area contributed by atoms with Crippen molar-refractivity contribution >= 4 is 17.8 Å². The van der Waals surface area contributed by atoms with E-state index < -0.39 is 17.7 Å². The van der Waals surface area contributed by atoms with E-state index in [1.54, 1.807) is 24.3 Å². The molecule has 1 aliphatic rings. The maximum Gasteiger partial charge on any atom is 0.306 e. The van der Waals surface area contributed by atoms with E-state index in [1.165, 1.54) is 19.2 Å². The normalized spacial score (nSPS) is 17.6. The van der Waals surface area contributed by atoms with Gasteiger partial charge in [-0.15, -0.1) is 0 Å². The molecule has 0 aliphatic heterocycles. The largest absolute Gasteiger partial charge is 0.497 e. The van der Waals surface area contributed by atoms with Crippen molar-refractivity contribution in [2.75, 3.05) is 20.2 Å². The van der Waals surface area contributed by atoms with Gasteiger partial charge >= 0.3 is 5.97 Å².